The first kappa shape index (κ1) is 16.3. The molecule has 0 bridgehead atoms. The number of rotatable bonds is 4. The van der Waals surface area contributed by atoms with Crippen molar-refractivity contribution in [3.05, 3.63) is 69.0 Å². The van der Waals surface area contributed by atoms with E-state index >= 15 is 0 Å². The average molecular weight is 364 g/mol. The summed E-state index contributed by atoms with van der Waals surface area (Å²) in [4.78, 5) is 13.2. The molecule has 118 valence electrons. The number of hydrogen-bond donors (Lipinski definition) is 1. The Balaban J connectivity index is 1.89. The molecule has 0 fully saturated rings. The molecule has 0 spiro atoms. The van der Waals surface area contributed by atoms with Crippen LogP contribution in [0, 0.1) is 0 Å². The van der Waals surface area contributed by atoms with Crippen molar-refractivity contribution in [2.75, 3.05) is 0 Å². The normalized spacial score (nSPS) is 12.3. The van der Waals surface area contributed by atoms with Crippen LogP contribution in [0.1, 0.15) is 34.6 Å². The molecule has 3 aromatic rings. The second-order valence-corrected chi connectivity index (χ2v) is 7.10. The fourth-order valence-corrected chi connectivity index (χ4v) is 4.21. The van der Waals surface area contributed by atoms with Crippen LogP contribution in [-0.4, -0.2) is 5.91 Å². The number of halogens is 2. The van der Waals surface area contributed by atoms with Crippen molar-refractivity contribution in [3.63, 3.8) is 0 Å². The quantitative estimate of drug-likeness (QED) is 0.596. The lowest BCUT2D eigenvalue weighted by Gasteiger charge is -2.17. The van der Waals surface area contributed by atoms with Crippen LogP contribution in [0.5, 0.6) is 0 Å². The van der Waals surface area contributed by atoms with Crippen LogP contribution in [0.15, 0.2) is 48.5 Å². The number of hydrogen-bond acceptors (Lipinski definition) is 2. The highest BCUT2D eigenvalue weighted by atomic mass is 35.5. The smallest absolute Gasteiger partial charge is 0.263 e. The van der Waals surface area contributed by atoms with Crippen molar-refractivity contribution in [2.45, 2.75) is 19.4 Å². The Morgan fingerprint density at radius 3 is 2.61 bits per heavy atom. The molecule has 0 aliphatic heterocycles. The molecule has 1 heterocycles. The molecule has 0 saturated carbocycles. The van der Waals surface area contributed by atoms with Gasteiger partial charge in [0.15, 0.2) is 0 Å². The topological polar surface area (TPSA) is 29.1 Å². The molecule has 1 atom stereocenters. The van der Waals surface area contributed by atoms with Gasteiger partial charge >= 0.3 is 0 Å². The van der Waals surface area contributed by atoms with Crippen LogP contribution in [0.2, 0.25) is 10.0 Å². The number of nitrogens with one attached hydrogen (secondary N) is 1. The van der Waals surface area contributed by atoms with Crippen LogP contribution in [-0.2, 0) is 0 Å². The molecule has 2 nitrogen and oxygen atoms in total. The summed E-state index contributed by atoms with van der Waals surface area (Å²) in [5.74, 6) is -0.150. The molecular formula is C18H15Cl2NOS. The largest absolute Gasteiger partial charge is 0.345 e. The van der Waals surface area contributed by atoms with Crippen LogP contribution < -0.4 is 5.32 Å². The summed E-state index contributed by atoms with van der Waals surface area (Å²) in [5.41, 5.74) is 1.09. The Hall–Kier alpha value is -1.55. The van der Waals surface area contributed by atoms with Gasteiger partial charge in [-0.05, 0) is 24.1 Å². The van der Waals surface area contributed by atoms with Crippen molar-refractivity contribution in [2.24, 2.45) is 0 Å². The Morgan fingerprint density at radius 2 is 1.91 bits per heavy atom. The van der Waals surface area contributed by atoms with Crippen LogP contribution in [0.4, 0.5) is 0 Å². The summed E-state index contributed by atoms with van der Waals surface area (Å²) in [6.45, 7) is 2.05. The first-order chi connectivity index (χ1) is 11.1. The maximum absolute atomic E-state index is 12.6. The summed E-state index contributed by atoms with van der Waals surface area (Å²) in [6, 6.07) is 15.4. The molecule has 5 heteroatoms. The lowest BCUT2D eigenvalue weighted by molar-refractivity contribution is 0.0940. The molecule has 2 aromatic carbocycles. The maximum atomic E-state index is 12.6. The van der Waals surface area contributed by atoms with E-state index in [2.05, 4.69) is 5.32 Å². The van der Waals surface area contributed by atoms with Crippen LogP contribution in [0.3, 0.4) is 0 Å². The first-order valence-electron chi connectivity index (χ1n) is 7.33. The van der Waals surface area contributed by atoms with Gasteiger partial charge in [0, 0.05) is 15.1 Å². The summed E-state index contributed by atoms with van der Waals surface area (Å²) in [7, 11) is 0. The Labute approximate surface area is 149 Å². The second-order valence-electron chi connectivity index (χ2n) is 5.23. The van der Waals surface area contributed by atoms with Crippen molar-refractivity contribution in [1.82, 2.24) is 5.32 Å². The maximum Gasteiger partial charge on any atom is 0.263 e. The van der Waals surface area contributed by atoms with Gasteiger partial charge in [0.2, 0.25) is 0 Å². The summed E-state index contributed by atoms with van der Waals surface area (Å²) < 4.78 is 0.917. The first-order valence-corrected chi connectivity index (χ1v) is 8.90. The minimum absolute atomic E-state index is 0.0337. The third-order valence-corrected chi connectivity index (χ3v) is 5.60. The monoisotopic (exact) mass is 363 g/mol. The zero-order chi connectivity index (χ0) is 16.4. The molecule has 1 unspecified atom stereocenters. The van der Waals surface area contributed by atoms with Crippen molar-refractivity contribution < 1.29 is 4.79 Å². The van der Waals surface area contributed by atoms with Gasteiger partial charge in [-0.2, -0.15) is 0 Å². The van der Waals surface area contributed by atoms with Crippen LogP contribution in [0.25, 0.3) is 10.1 Å². The highest BCUT2D eigenvalue weighted by Gasteiger charge is 2.20. The molecule has 3 rings (SSSR count). The van der Waals surface area contributed by atoms with E-state index < -0.39 is 0 Å². The number of carbonyl (C=O) groups is 1. The van der Waals surface area contributed by atoms with Gasteiger partial charge in [-0.15, -0.1) is 11.3 Å². The molecule has 1 aromatic heterocycles. The summed E-state index contributed by atoms with van der Waals surface area (Å²) in [6.07, 6.45) is 0.810. The number of fused-ring (bicyclic) bond motifs is 1. The SMILES string of the molecule is CCC(NC(=O)c1sc2cc(Cl)ccc2c1Cl)c1ccccc1. The highest BCUT2D eigenvalue weighted by Crippen LogP contribution is 2.37. The number of benzene rings is 2. The minimum Gasteiger partial charge on any atom is -0.345 e. The van der Waals surface area contributed by atoms with Crippen molar-refractivity contribution in [1.29, 1.82) is 0 Å². The fraction of sp³-hybridized carbons (Fsp3) is 0.167. The lowest BCUT2D eigenvalue weighted by Crippen LogP contribution is -2.27. The summed E-state index contributed by atoms with van der Waals surface area (Å²) in [5, 5.41) is 5.06. The Kier molecular flexibility index (Phi) is 4.90. The highest BCUT2D eigenvalue weighted by molar-refractivity contribution is 7.21. The predicted molar refractivity (Wildman–Crippen MR) is 98.8 cm³/mol. The van der Waals surface area contributed by atoms with E-state index in [4.69, 9.17) is 23.2 Å². The van der Waals surface area contributed by atoms with E-state index in [9.17, 15) is 4.79 Å². The Bertz CT molecular complexity index is 845. The summed E-state index contributed by atoms with van der Waals surface area (Å²) >= 11 is 13.8. The number of amides is 1. The zero-order valence-corrected chi connectivity index (χ0v) is 14.8. The molecule has 0 aliphatic rings. The number of thiophene rings is 1. The standard InChI is InChI=1S/C18H15Cl2NOS/c1-2-14(11-6-4-3-5-7-11)21-18(22)17-16(20)13-9-8-12(19)10-15(13)23-17/h3-10,14H,2H2,1H3,(H,21,22). The van der Waals surface area contributed by atoms with Gasteiger partial charge in [-0.3, -0.25) is 4.79 Å². The second kappa shape index (κ2) is 6.91. The third kappa shape index (κ3) is 3.37. The Morgan fingerprint density at radius 1 is 1.17 bits per heavy atom. The van der Waals surface area contributed by atoms with E-state index in [1.54, 1.807) is 6.07 Å². The molecular weight excluding hydrogens is 349 g/mol. The van der Waals surface area contributed by atoms with Crippen molar-refractivity contribution >= 4 is 50.5 Å². The van der Waals surface area contributed by atoms with E-state index in [0.29, 0.717) is 14.9 Å². The molecule has 0 radical (unpaired) electrons. The minimum atomic E-state index is -0.150. The van der Waals surface area contributed by atoms with E-state index in [1.807, 2.05) is 49.4 Å². The van der Waals surface area contributed by atoms with Gasteiger partial charge in [0.05, 0.1) is 11.1 Å². The third-order valence-electron chi connectivity index (χ3n) is 3.71. The average Bonchev–Trinajstić information content (AvgIpc) is 2.89. The fourth-order valence-electron chi connectivity index (χ4n) is 2.52. The van der Waals surface area contributed by atoms with Crippen molar-refractivity contribution in [3.8, 4) is 0 Å². The molecule has 1 N–H and O–H groups in total. The predicted octanol–water partition coefficient (Wildman–Crippen LogP) is 6.09. The molecule has 0 aliphatic carbocycles. The van der Waals surface area contributed by atoms with Gasteiger partial charge in [0.25, 0.3) is 5.91 Å². The van der Waals surface area contributed by atoms with Gasteiger partial charge in [-0.1, -0.05) is 66.5 Å². The van der Waals surface area contributed by atoms with Gasteiger partial charge < -0.3 is 5.32 Å². The molecule has 1 amide bonds. The van der Waals surface area contributed by atoms with Gasteiger partial charge in [0.1, 0.15) is 4.88 Å². The number of carbonyl (C=O) groups excluding carboxylic acids is 1. The van der Waals surface area contributed by atoms with E-state index in [1.165, 1.54) is 11.3 Å². The zero-order valence-electron chi connectivity index (χ0n) is 12.5. The van der Waals surface area contributed by atoms with Gasteiger partial charge in [-0.25, -0.2) is 0 Å². The van der Waals surface area contributed by atoms with E-state index in [0.717, 1.165) is 22.1 Å². The molecule has 23 heavy (non-hydrogen) atoms. The van der Waals surface area contributed by atoms with E-state index in [-0.39, 0.29) is 11.9 Å². The lowest BCUT2D eigenvalue weighted by atomic mass is 10.0. The van der Waals surface area contributed by atoms with Crippen LogP contribution >= 0.6 is 34.5 Å². The molecule has 0 saturated heterocycles.